The number of nitrogens with two attached hydrogens (primary N) is 1. The minimum Gasteiger partial charge on any atom is -0.543 e. The number of fused-ring (bicyclic) bond motifs is 2. The average Bonchev–Trinajstić information content (AvgIpc) is 3.59. The number of pyridine rings is 1. The van der Waals surface area contributed by atoms with E-state index in [1.165, 1.54) is 18.7 Å². The van der Waals surface area contributed by atoms with Gasteiger partial charge in [0.2, 0.25) is 11.6 Å². The molecule has 0 aromatic carbocycles. The molecule has 3 atom stereocenters. The Morgan fingerprint density at radius 3 is 2.80 bits per heavy atom. The van der Waals surface area contributed by atoms with Crippen LogP contribution in [0.4, 0.5) is 5.13 Å². The lowest BCUT2D eigenvalue weighted by molar-refractivity contribution is -0.663. The van der Waals surface area contributed by atoms with Crippen LogP contribution in [0.1, 0.15) is 12.6 Å². The molecular weight excluding hydrogens is 664 g/mol. The number of β-lactam (4-membered cyclic amide) rings is 1. The topological polar surface area (TPSA) is 228 Å². The van der Waals surface area contributed by atoms with Gasteiger partial charge in [-0.1, -0.05) is 28.1 Å². The molecule has 0 saturated carbocycles. The van der Waals surface area contributed by atoms with Crippen molar-refractivity contribution in [2.45, 2.75) is 37.5 Å². The summed E-state index contributed by atoms with van der Waals surface area (Å²) in [5.74, 6) is -4.27. The van der Waals surface area contributed by atoms with Gasteiger partial charge in [-0.05, 0) is 13.0 Å². The highest BCUT2D eigenvalue weighted by atomic mass is 35.5. The minimum atomic E-state index is -1.53. The Bertz CT molecular complexity index is 1760. The van der Waals surface area contributed by atoms with Crippen molar-refractivity contribution in [3.8, 4) is 0 Å². The molecule has 0 spiro atoms. The van der Waals surface area contributed by atoms with Gasteiger partial charge < -0.3 is 45.9 Å². The number of rotatable bonds is 14. The van der Waals surface area contributed by atoms with Crippen LogP contribution in [0.25, 0.3) is 11.0 Å². The van der Waals surface area contributed by atoms with Crippen LogP contribution in [-0.2, 0) is 37.1 Å². The van der Waals surface area contributed by atoms with Gasteiger partial charge in [-0.15, -0.1) is 11.8 Å². The van der Waals surface area contributed by atoms with Gasteiger partial charge in [-0.25, -0.2) is 9.78 Å². The fraction of sp³-hybridized carbons (Fsp3) is 0.370. The van der Waals surface area contributed by atoms with E-state index >= 15 is 0 Å². The number of hydrogen-bond acceptors (Lipinski definition) is 13. The molecule has 1 saturated heterocycles. The number of nitrogen functional groups attached to an aromatic ring is 1. The Balaban J connectivity index is 1.35. The van der Waals surface area contributed by atoms with Gasteiger partial charge in [0, 0.05) is 49.3 Å². The first-order valence-electron chi connectivity index (χ1n) is 13.9. The van der Waals surface area contributed by atoms with Gasteiger partial charge in [0.25, 0.3) is 11.8 Å². The summed E-state index contributed by atoms with van der Waals surface area (Å²) < 4.78 is 3.92. The quantitative estimate of drug-likeness (QED) is 0.0428. The Kier molecular flexibility index (Phi) is 10.1. The van der Waals surface area contributed by atoms with Crippen LogP contribution < -0.4 is 26.0 Å². The number of carboxylic acid groups (broad SMARTS) is 2. The number of nitrogens with zero attached hydrogens (tertiary/aromatic N) is 5. The zero-order valence-corrected chi connectivity index (χ0v) is 26.6. The number of nitrogens with one attached hydrogen (secondary N) is 2. The van der Waals surface area contributed by atoms with E-state index < -0.39 is 47.0 Å². The van der Waals surface area contributed by atoms with E-state index in [9.17, 15) is 24.3 Å². The van der Waals surface area contributed by atoms with E-state index in [4.69, 9.17) is 32.4 Å². The summed E-state index contributed by atoms with van der Waals surface area (Å²) in [7, 11) is 0. The molecule has 2 amide bonds. The average molecular weight is 693 g/mol. The van der Waals surface area contributed by atoms with Gasteiger partial charge >= 0.3 is 5.97 Å². The molecule has 5 rings (SSSR count). The fourth-order valence-electron chi connectivity index (χ4n) is 4.99. The molecular formula is C27H29ClN8O8S2. The van der Waals surface area contributed by atoms with E-state index in [2.05, 4.69) is 20.8 Å². The number of carbonyl (C=O) groups is 4. The summed E-state index contributed by atoms with van der Waals surface area (Å²) in [6, 6.07) is 4.57. The van der Waals surface area contributed by atoms with Gasteiger partial charge in [-0.3, -0.25) is 14.5 Å². The third-order valence-corrected chi connectivity index (χ3v) is 9.63. The van der Waals surface area contributed by atoms with Crippen LogP contribution in [0.15, 0.2) is 47.0 Å². The van der Waals surface area contributed by atoms with E-state index in [1.54, 1.807) is 0 Å². The smallest absolute Gasteiger partial charge is 0.347 e. The van der Waals surface area contributed by atoms with Gasteiger partial charge in [0.1, 0.15) is 27.0 Å². The highest BCUT2D eigenvalue weighted by Gasteiger charge is 2.53. The number of aliphatic hydroxyl groups is 1. The molecule has 46 heavy (non-hydrogen) atoms. The molecule has 3 aromatic rings. The molecule has 19 heteroatoms. The lowest BCUT2D eigenvalue weighted by atomic mass is 10.0. The van der Waals surface area contributed by atoms with Crippen molar-refractivity contribution < 1.29 is 43.9 Å². The normalized spacial score (nSPS) is 18.7. The monoisotopic (exact) mass is 692 g/mol. The Morgan fingerprint density at radius 1 is 1.35 bits per heavy atom. The number of amides is 2. The van der Waals surface area contributed by atoms with Gasteiger partial charge in [-0.2, -0.15) is 4.57 Å². The molecule has 16 nitrogen and oxygen atoms in total. The van der Waals surface area contributed by atoms with Crippen LogP contribution in [0.3, 0.4) is 0 Å². The van der Waals surface area contributed by atoms with Crippen molar-refractivity contribution >= 4 is 80.3 Å². The molecule has 5 heterocycles. The maximum absolute atomic E-state index is 13.3. The molecule has 6 N–H and O–H groups in total. The number of thiazole rings is 1. The number of carboxylic acids is 2. The first-order chi connectivity index (χ1) is 22.0. The number of aliphatic carboxylic acids is 2. The number of anilines is 1. The second kappa shape index (κ2) is 14.0. The second-order valence-electron chi connectivity index (χ2n) is 10.2. The van der Waals surface area contributed by atoms with E-state index in [-0.39, 0.29) is 39.8 Å². The summed E-state index contributed by atoms with van der Waals surface area (Å²) in [6.45, 7) is 3.22. The van der Waals surface area contributed by atoms with Crippen molar-refractivity contribution in [1.29, 1.82) is 0 Å². The SMILES string of the molecule is C[C@H](O/N=C(\C(=O)N[C@@H]1C(=O)N2C(C(=O)[O-])=C(C[n+]3cccc4c3ccn4CCNCCO)CS[C@H]12)c1nc(N)sc1Cl)C(=O)O. The highest BCUT2D eigenvalue weighted by Crippen LogP contribution is 2.40. The number of carbonyl (C=O) groups excluding carboxylic acids is 3. The van der Waals surface area contributed by atoms with E-state index in [0.717, 1.165) is 27.3 Å². The molecule has 3 aromatic heterocycles. The maximum Gasteiger partial charge on any atom is 0.347 e. The fourth-order valence-corrected chi connectivity index (χ4v) is 7.26. The van der Waals surface area contributed by atoms with Crippen molar-refractivity contribution in [3.63, 3.8) is 0 Å². The number of aliphatic hydroxyl groups excluding tert-OH is 1. The number of aromatic nitrogens is 3. The molecule has 0 unspecified atom stereocenters. The second-order valence-corrected chi connectivity index (χ2v) is 12.9. The zero-order chi connectivity index (χ0) is 33.1. The van der Waals surface area contributed by atoms with Crippen LogP contribution >= 0.6 is 34.7 Å². The predicted octanol–water partition coefficient (Wildman–Crippen LogP) is -1.50. The minimum absolute atomic E-state index is 0.0111. The van der Waals surface area contributed by atoms with E-state index in [1.807, 2.05) is 39.7 Å². The summed E-state index contributed by atoms with van der Waals surface area (Å²) in [6.07, 6.45) is 2.32. The van der Waals surface area contributed by atoms with Crippen LogP contribution in [0.5, 0.6) is 0 Å². The molecule has 0 radical (unpaired) electrons. The lowest BCUT2D eigenvalue weighted by Gasteiger charge is -2.50. The van der Waals surface area contributed by atoms with Gasteiger partial charge in [0.15, 0.2) is 23.6 Å². The van der Waals surface area contributed by atoms with Gasteiger partial charge in [0.05, 0.1) is 18.3 Å². The number of thioether (sulfide) groups is 1. The van der Waals surface area contributed by atoms with Crippen LogP contribution in [-0.4, -0.2) is 97.1 Å². The highest BCUT2D eigenvalue weighted by molar-refractivity contribution is 8.00. The number of oxime groups is 1. The molecule has 1 fully saturated rings. The molecule has 2 aliphatic heterocycles. The first-order valence-corrected chi connectivity index (χ1v) is 16.1. The largest absolute Gasteiger partial charge is 0.543 e. The summed E-state index contributed by atoms with van der Waals surface area (Å²) in [4.78, 5) is 60.2. The summed E-state index contributed by atoms with van der Waals surface area (Å²) in [5, 5.41) is 39.0. The third kappa shape index (κ3) is 6.66. The lowest BCUT2D eigenvalue weighted by Crippen LogP contribution is -2.71. The Labute approximate surface area is 274 Å². The molecule has 2 aliphatic rings. The van der Waals surface area contributed by atoms with Crippen LogP contribution in [0, 0.1) is 0 Å². The predicted molar refractivity (Wildman–Crippen MR) is 165 cm³/mol. The first kappa shape index (κ1) is 33.1. The van der Waals surface area contributed by atoms with E-state index in [0.29, 0.717) is 25.2 Å². The third-order valence-electron chi connectivity index (χ3n) is 7.21. The van der Waals surface area contributed by atoms with Crippen molar-refractivity contribution in [3.05, 3.63) is 51.9 Å². The van der Waals surface area contributed by atoms with Crippen molar-refractivity contribution in [2.75, 3.05) is 31.2 Å². The maximum atomic E-state index is 13.3. The standard InChI is InChI=1S/C27H29ClN8O8S2/c1-13(25(40)41)44-33-18(17-21(28)46-27(29)32-17)22(38)31-19-23(39)36-20(26(42)43)14(12-45-24(19)36)11-35-7-2-3-15-16(35)4-8-34(15)9-5-30-6-10-37/h2-4,7-8,13,19,24,30,37H,5-6,9-12H2,1H3,(H4-,29,31,32,38,40,41,42,43)/b33-18-/t13-,19+,24+/m0/s1. The Hall–Kier alpha value is -4.23. The van der Waals surface area contributed by atoms with Crippen molar-refractivity contribution in [2.24, 2.45) is 5.16 Å². The number of hydrogen-bond donors (Lipinski definition) is 5. The van der Waals surface area contributed by atoms with Crippen LogP contribution in [0.2, 0.25) is 4.34 Å². The summed E-state index contributed by atoms with van der Waals surface area (Å²) in [5.41, 5.74) is 7.00. The molecule has 244 valence electrons. The van der Waals surface area contributed by atoms with Crippen molar-refractivity contribution in [1.82, 2.24) is 25.1 Å². The summed E-state index contributed by atoms with van der Waals surface area (Å²) >= 11 is 8.28. The Morgan fingerprint density at radius 2 is 2.13 bits per heavy atom. The molecule has 0 bridgehead atoms. The molecule has 0 aliphatic carbocycles. The zero-order valence-electron chi connectivity index (χ0n) is 24.2. The number of halogens is 1.